The zero-order valence-electron chi connectivity index (χ0n) is 9.24. The highest BCUT2D eigenvalue weighted by Gasteiger charge is 2.30. The fourth-order valence-corrected chi connectivity index (χ4v) is 1.81. The minimum atomic E-state index is -0.685. The van der Waals surface area contributed by atoms with E-state index in [4.69, 9.17) is 5.73 Å². The molecule has 3 atom stereocenters. The van der Waals surface area contributed by atoms with Crippen LogP contribution >= 0.6 is 0 Å². The molecule has 4 N–H and O–H groups in total. The molecule has 2 heterocycles. The molecule has 88 valence electrons. The van der Waals surface area contributed by atoms with Crippen LogP contribution < -0.4 is 10.6 Å². The van der Waals surface area contributed by atoms with Gasteiger partial charge in [0.05, 0.1) is 12.2 Å². The molecule has 16 heavy (non-hydrogen) atoms. The van der Waals surface area contributed by atoms with Gasteiger partial charge in [-0.25, -0.2) is 4.98 Å². The van der Waals surface area contributed by atoms with Gasteiger partial charge in [-0.2, -0.15) is 0 Å². The van der Waals surface area contributed by atoms with E-state index in [9.17, 15) is 10.2 Å². The summed E-state index contributed by atoms with van der Waals surface area (Å²) in [7, 11) is 0. The molecule has 2 unspecified atom stereocenters. The molecule has 0 aromatic carbocycles. The summed E-state index contributed by atoms with van der Waals surface area (Å²) in [6, 6.07) is 3.75. The Bertz CT molecular complexity index is 343. The molecule has 1 saturated heterocycles. The average Bonchev–Trinajstić information content (AvgIpc) is 2.59. The van der Waals surface area contributed by atoms with Gasteiger partial charge in [-0.15, -0.1) is 0 Å². The second-order valence-corrected chi connectivity index (χ2v) is 4.28. The Morgan fingerprint density at radius 3 is 2.44 bits per heavy atom. The maximum absolute atomic E-state index is 9.43. The summed E-state index contributed by atoms with van der Waals surface area (Å²) >= 11 is 0. The normalized spacial score (nSPS) is 27.1. The van der Waals surface area contributed by atoms with Crippen LogP contribution in [0.2, 0.25) is 0 Å². The molecule has 0 spiro atoms. The summed E-state index contributed by atoms with van der Waals surface area (Å²) < 4.78 is 0. The third kappa shape index (κ3) is 2.16. The topological polar surface area (TPSA) is 82.6 Å². The van der Waals surface area contributed by atoms with Gasteiger partial charge in [0, 0.05) is 25.3 Å². The number of aliphatic hydroxyl groups is 2. The predicted molar refractivity (Wildman–Crippen MR) is 61.1 cm³/mol. The van der Waals surface area contributed by atoms with Crippen molar-refractivity contribution in [3.63, 3.8) is 0 Å². The van der Waals surface area contributed by atoms with Crippen LogP contribution in [0, 0.1) is 0 Å². The molecule has 5 nitrogen and oxygen atoms in total. The fraction of sp³-hybridized carbons (Fsp3) is 0.545. The Hall–Kier alpha value is -1.17. The minimum Gasteiger partial charge on any atom is -0.389 e. The Morgan fingerprint density at radius 2 is 2.00 bits per heavy atom. The van der Waals surface area contributed by atoms with E-state index in [2.05, 4.69) is 4.98 Å². The molecule has 1 aromatic rings. The highest BCUT2D eigenvalue weighted by atomic mass is 16.3. The van der Waals surface area contributed by atoms with Crippen LogP contribution in [0.3, 0.4) is 0 Å². The highest BCUT2D eigenvalue weighted by Crippen LogP contribution is 2.19. The van der Waals surface area contributed by atoms with E-state index in [-0.39, 0.29) is 6.04 Å². The summed E-state index contributed by atoms with van der Waals surface area (Å²) in [5, 5.41) is 18.9. The molecule has 1 aliphatic heterocycles. The lowest BCUT2D eigenvalue weighted by atomic mass is 10.1. The molecule has 1 aromatic heterocycles. The number of nitrogens with two attached hydrogens (primary N) is 1. The predicted octanol–water partition coefficient (Wildman–Crippen LogP) is -0.357. The second-order valence-electron chi connectivity index (χ2n) is 4.28. The molecule has 1 aliphatic rings. The number of β-amino-alcohol motifs (C(OH)–C–C–N with tert-alkyl or cyclic N) is 2. The number of nitrogens with zero attached hydrogens (tertiary/aromatic N) is 2. The molecule has 5 heteroatoms. The van der Waals surface area contributed by atoms with E-state index in [1.165, 1.54) is 0 Å². The van der Waals surface area contributed by atoms with Crippen molar-refractivity contribution in [1.29, 1.82) is 0 Å². The van der Waals surface area contributed by atoms with Gasteiger partial charge in [0.25, 0.3) is 0 Å². The number of pyridine rings is 1. The van der Waals surface area contributed by atoms with Crippen molar-refractivity contribution in [2.45, 2.75) is 25.2 Å². The first-order valence-corrected chi connectivity index (χ1v) is 5.40. The molecule has 0 amide bonds. The number of aromatic nitrogens is 1. The van der Waals surface area contributed by atoms with E-state index >= 15 is 0 Å². The summed E-state index contributed by atoms with van der Waals surface area (Å²) in [5.41, 5.74) is 6.70. The Morgan fingerprint density at radius 1 is 1.38 bits per heavy atom. The number of rotatable bonds is 2. The van der Waals surface area contributed by atoms with Crippen molar-refractivity contribution in [1.82, 2.24) is 4.98 Å². The van der Waals surface area contributed by atoms with Gasteiger partial charge in [0.2, 0.25) is 0 Å². The van der Waals surface area contributed by atoms with Crippen molar-refractivity contribution in [3.8, 4) is 0 Å². The van der Waals surface area contributed by atoms with Gasteiger partial charge in [-0.1, -0.05) is 6.07 Å². The number of hydrogen-bond acceptors (Lipinski definition) is 5. The van der Waals surface area contributed by atoms with Crippen LogP contribution in [0.4, 0.5) is 5.82 Å². The van der Waals surface area contributed by atoms with E-state index in [0.29, 0.717) is 13.1 Å². The zero-order chi connectivity index (χ0) is 11.7. The third-order valence-electron chi connectivity index (χ3n) is 2.88. The van der Waals surface area contributed by atoms with Crippen molar-refractivity contribution < 1.29 is 10.2 Å². The maximum Gasteiger partial charge on any atom is 0.128 e. The summed E-state index contributed by atoms with van der Waals surface area (Å²) in [4.78, 5) is 6.14. The monoisotopic (exact) mass is 223 g/mol. The largest absolute Gasteiger partial charge is 0.389 e. The van der Waals surface area contributed by atoms with E-state index in [1.54, 1.807) is 6.20 Å². The average molecular weight is 223 g/mol. The SMILES string of the molecule is C[C@@H](N)c1ccc(N2CC(O)C(O)C2)nc1. The standard InChI is InChI=1S/C11H17N3O2/c1-7(12)8-2-3-11(13-4-8)14-5-9(15)10(16)6-14/h2-4,7,9-10,15-16H,5-6,12H2,1H3/t7-,9?,10?/m1/s1. The van der Waals surface area contributed by atoms with Gasteiger partial charge in [-0.05, 0) is 18.6 Å². The molecule has 2 rings (SSSR count). The van der Waals surface area contributed by atoms with Crippen molar-refractivity contribution in [2.75, 3.05) is 18.0 Å². The molecule has 0 radical (unpaired) electrons. The minimum absolute atomic E-state index is 0.0312. The molecule has 0 saturated carbocycles. The summed E-state index contributed by atoms with van der Waals surface area (Å²) in [6.07, 6.45) is 0.363. The van der Waals surface area contributed by atoms with Crippen LogP contribution in [0.15, 0.2) is 18.3 Å². The lowest BCUT2D eigenvalue weighted by molar-refractivity contribution is 0.0572. The lowest BCUT2D eigenvalue weighted by Gasteiger charge is -2.16. The molecular weight excluding hydrogens is 206 g/mol. The summed E-state index contributed by atoms with van der Waals surface area (Å²) in [6.45, 7) is 2.75. The van der Waals surface area contributed by atoms with Crippen LogP contribution in [0.25, 0.3) is 0 Å². The second kappa shape index (κ2) is 4.37. The molecule has 0 aliphatic carbocycles. The number of anilines is 1. The van der Waals surface area contributed by atoms with Crippen LogP contribution in [0.5, 0.6) is 0 Å². The summed E-state index contributed by atoms with van der Waals surface area (Å²) in [5.74, 6) is 0.764. The van der Waals surface area contributed by atoms with Gasteiger partial charge in [0.15, 0.2) is 0 Å². The van der Waals surface area contributed by atoms with Gasteiger partial charge in [-0.3, -0.25) is 0 Å². The first-order valence-electron chi connectivity index (χ1n) is 5.40. The molecule has 1 fully saturated rings. The third-order valence-corrected chi connectivity index (χ3v) is 2.88. The van der Waals surface area contributed by atoms with Gasteiger partial charge < -0.3 is 20.8 Å². The molecule has 0 bridgehead atoms. The van der Waals surface area contributed by atoms with Crippen LogP contribution in [-0.2, 0) is 0 Å². The molecular formula is C11H17N3O2. The Balaban J connectivity index is 2.11. The lowest BCUT2D eigenvalue weighted by Crippen LogP contribution is -2.22. The van der Waals surface area contributed by atoms with Crippen LogP contribution in [-0.4, -0.2) is 40.5 Å². The number of aliphatic hydroxyl groups excluding tert-OH is 2. The Kier molecular flexibility index (Phi) is 3.09. The van der Waals surface area contributed by atoms with E-state index in [1.807, 2.05) is 24.0 Å². The first-order chi connectivity index (χ1) is 7.58. The van der Waals surface area contributed by atoms with Crippen LogP contribution in [0.1, 0.15) is 18.5 Å². The highest BCUT2D eigenvalue weighted by molar-refractivity contribution is 5.41. The fourth-order valence-electron chi connectivity index (χ4n) is 1.81. The maximum atomic E-state index is 9.43. The van der Waals surface area contributed by atoms with Crippen molar-refractivity contribution >= 4 is 5.82 Å². The Labute approximate surface area is 94.5 Å². The van der Waals surface area contributed by atoms with Gasteiger partial charge >= 0.3 is 0 Å². The quantitative estimate of drug-likeness (QED) is 0.638. The first kappa shape index (κ1) is 11.3. The van der Waals surface area contributed by atoms with Crippen molar-refractivity contribution in [3.05, 3.63) is 23.9 Å². The van der Waals surface area contributed by atoms with E-state index in [0.717, 1.165) is 11.4 Å². The smallest absolute Gasteiger partial charge is 0.128 e. The number of hydrogen-bond donors (Lipinski definition) is 3. The zero-order valence-corrected chi connectivity index (χ0v) is 9.24. The van der Waals surface area contributed by atoms with Crippen molar-refractivity contribution in [2.24, 2.45) is 5.73 Å². The van der Waals surface area contributed by atoms with Gasteiger partial charge in [0.1, 0.15) is 5.82 Å². The van der Waals surface area contributed by atoms with E-state index < -0.39 is 12.2 Å².